The molecular weight excluding hydrogens is 375 g/mol. The predicted molar refractivity (Wildman–Crippen MR) is 102 cm³/mol. The third kappa shape index (κ3) is 4.11. The van der Waals surface area contributed by atoms with Crippen molar-refractivity contribution in [2.45, 2.75) is 26.5 Å². The van der Waals surface area contributed by atoms with Gasteiger partial charge in [-0.2, -0.15) is 5.01 Å². The van der Waals surface area contributed by atoms with Crippen LogP contribution in [0.15, 0.2) is 47.6 Å². The number of nitrogens with zero attached hydrogens (tertiary/aromatic N) is 2. The van der Waals surface area contributed by atoms with Gasteiger partial charge in [0, 0.05) is 17.5 Å². The fourth-order valence-electron chi connectivity index (χ4n) is 2.50. The SMILES string of the molecule is CCc1ccc(C2=NN(C(C)=O)C(COc3ccc(Cl)cc3Cl)O2)cc1. The number of rotatable bonds is 5. The second kappa shape index (κ2) is 7.98. The van der Waals surface area contributed by atoms with Crippen molar-refractivity contribution < 1.29 is 14.3 Å². The van der Waals surface area contributed by atoms with E-state index in [9.17, 15) is 4.79 Å². The Morgan fingerprint density at radius 3 is 2.58 bits per heavy atom. The van der Waals surface area contributed by atoms with Gasteiger partial charge in [-0.1, -0.05) is 42.3 Å². The lowest BCUT2D eigenvalue weighted by atomic mass is 10.1. The summed E-state index contributed by atoms with van der Waals surface area (Å²) in [7, 11) is 0. The molecule has 1 amide bonds. The molecule has 5 nitrogen and oxygen atoms in total. The summed E-state index contributed by atoms with van der Waals surface area (Å²) in [4.78, 5) is 11.9. The molecule has 0 saturated heterocycles. The van der Waals surface area contributed by atoms with Crippen molar-refractivity contribution in [3.63, 3.8) is 0 Å². The number of aryl methyl sites for hydroxylation is 1. The summed E-state index contributed by atoms with van der Waals surface area (Å²) in [6.45, 7) is 3.60. The van der Waals surface area contributed by atoms with Crippen molar-refractivity contribution in [2.75, 3.05) is 6.61 Å². The zero-order valence-corrected chi connectivity index (χ0v) is 15.9. The third-order valence-electron chi connectivity index (χ3n) is 3.93. The number of hydrogen-bond donors (Lipinski definition) is 0. The fraction of sp³-hybridized carbons (Fsp3) is 0.263. The summed E-state index contributed by atoms with van der Waals surface area (Å²) < 4.78 is 11.5. The van der Waals surface area contributed by atoms with Gasteiger partial charge in [0.25, 0.3) is 0 Å². The van der Waals surface area contributed by atoms with Crippen LogP contribution in [0.25, 0.3) is 0 Å². The van der Waals surface area contributed by atoms with E-state index in [0.29, 0.717) is 21.7 Å². The average molecular weight is 393 g/mol. The monoisotopic (exact) mass is 392 g/mol. The van der Waals surface area contributed by atoms with E-state index >= 15 is 0 Å². The molecule has 0 N–H and O–H groups in total. The number of carbonyl (C=O) groups is 1. The molecule has 1 heterocycles. The minimum absolute atomic E-state index is 0.0843. The third-order valence-corrected chi connectivity index (χ3v) is 4.46. The van der Waals surface area contributed by atoms with Gasteiger partial charge in [0.2, 0.25) is 18.0 Å². The highest BCUT2D eigenvalue weighted by Gasteiger charge is 2.32. The van der Waals surface area contributed by atoms with Gasteiger partial charge in [0.1, 0.15) is 12.4 Å². The average Bonchev–Trinajstić information content (AvgIpc) is 3.05. The molecule has 1 aliphatic rings. The Kier molecular flexibility index (Phi) is 5.69. The van der Waals surface area contributed by atoms with Crippen LogP contribution in [0.3, 0.4) is 0 Å². The number of hydrogen-bond acceptors (Lipinski definition) is 4. The molecule has 2 aromatic carbocycles. The van der Waals surface area contributed by atoms with Crippen molar-refractivity contribution in [2.24, 2.45) is 5.10 Å². The second-order valence-electron chi connectivity index (χ2n) is 5.78. The maximum Gasteiger partial charge on any atom is 0.243 e. The molecule has 1 aliphatic heterocycles. The highest BCUT2D eigenvalue weighted by Crippen LogP contribution is 2.28. The molecule has 1 atom stereocenters. The highest BCUT2D eigenvalue weighted by atomic mass is 35.5. The maximum atomic E-state index is 11.9. The Balaban J connectivity index is 1.72. The highest BCUT2D eigenvalue weighted by molar-refractivity contribution is 6.35. The van der Waals surface area contributed by atoms with Gasteiger partial charge >= 0.3 is 0 Å². The molecule has 0 radical (unpaired) electrons. The lowest BCUT2D eigenvalue weighted by Gasteiger charge is -2.19. The van der Waals surface area contributed by atoms with E-state index in [2.05, 4.69) is 12.0 Å². The Morgan fingerprint density at radius 2 is 1.96 bits per heavy atom. The molecular formula is C19H18Cl2N2O3. The van der Waals surface area contributed by atoms with Crippen LogP contribution in [0.5, 0.6) is 5.75 Å². The van der Waals surface area contributed by atoms with Crippen LogP contribution in [0.2, 0.25) is 10.0 Å². The Bertz CT molecular complexity index is 837. The van der Waals surface area contributed by atoms with E-state index < -0.39 is 6.23 Å². The minimum atomic E-state index is -0.667. The van der Waals surface area contributed by atoms with Crippen LogP contribution < -0.4 is 4.74 Å². The number of amides is 1. The number of halogens is 2. The Morgan fingerprint density at radius 1 is 1.23 bits per heavy atom. The van der Waals surface area contributed by atoms with Gasteiger partial charge in [-0.15, -0.1) is 5.10 Å². The molecule has 0 fully saturated rings. The Hall–Kier alpha value is -2.24. The molecule has 0 bridgehead atoms. The smallest absolute Gasteiger partial charge is 0.243 e. The first kappa shape index (κ1) is 18.5. The molecule has 0 spiro atoms. The maximum absolute atomic E-state index is 11.9. The van der Waals surface area contributed by atoms with Crippen molar-refractivity contribution in [1.82, 2.24) is 5.01 Å². The number of ether oxygens (including phenoxy) is 2. The van der Waals surface area contributed by atoms with Crippen molar-refractivity contribution in [1.29, 1.82) is 0 Å². The van der Waals surface area contributed by atoms with Gasteiger partial charge in [-0.25, -0.2) is 0 Å². The minimum Gasteiger partial charge on any atom is -0.486 e. The summed E-state index contributed by atoms with van der Waals surface area (Å²) in [6, 6.07) is 12.8. The van der Waals surface area contributed by atoms with Gasteiger partial charge in [0.05, 0.1) is 5.02 Å². The summed E-state index contributed by atoms with van der Waals surface area (Å²) in [5.41, 5.74) is 2.02. The topological polar surface area (TPSA) is 51.1 Å². The molecule has 26 heavy (non-hydrogen) atoms. The van der Waals surface area contributed by atoms with Crippen molar-refractivity contribution >= 4 is 35.0 Å². The summed E-state index contributed by atoms with van der Waals surface area (Å²) in [5.74, 6) is 0.614. The van der Waals surface area contributed by atoms with E-state index in [4.69, 9.17) is 32.7 Å². The molecule has 0 saturated carbocycles. The lowest BCUT2D eigenvalue weighted by Crippen LogP contribution is -2.36. The van der Waals surface area contributed by atoms with Crippen molar-refractivity contribution in [3.05, 3.63) is 63.6 Å². The summed E-state index contributed by atoms with van der Waals surface area (Å²) in [6.07, 6.45) is 0.283. The predicted octanol–water partition coefficient (Wildman–Crippen LogP) is 4.50. The molecule has 3 rings (SSSR count). The molecule has 136 valence electrons. The van der Waals surface area contributed by atoms with E-state index in [-0.39, 0.29) is 12.5 Å². The largest absolute Gasteiger partial charge is 0.486 e. The van der Waals surface area contributed by atoms with Crippen LogP contribution in [-0.4, -0.2) is 29.6 Å². The van der Waals surface area contributed by atoms with Gasteiger partial charge in [-0.05, 0) is 42.3 Å². The van der Waals surface area contributed by atoms with Crippen LogP contribution in [0.4, 0.5) is 0 Å². The van der Waals surface area contributed by atoms with Gasteiger partial charge in [0.15, 0.2) is 0 Å². The van der Waals surface area contributed by atoms with Crippen molar-refractivity contribution in [3.8, 4) is 5.75 Å². The van der Waals surface area contributed by atoms with Gasteiger partial charge < -0.3 is 9.47 Å². The van der Waals surface area contributed by atoms with E-state index in [1.165, 1.54) is 17.5 Å². The first-order valence-electron chi connectivity index (χ1n) is 8.20. The van der Waals surface area contributed by atoms with Crippen LogP contribution in [0, 0.1) is 0 Å². The lowest BCUT2D eigenvalue weighted by molar-refractivity contribution is -0.136. The molecule has 0 aliphatic carbocycles. The quantitative estimate of drug-likeness (QED) is 0.752. The first-order valence-corrected chi connectivity index (χ1v) is 8.95. The zero-order chi connectivity index (χ0) is 18.7. The van der Waals surface area contributed by atoms with Crippen LogP contribution in [0.1, 0.15) is 25.0 Å². The summed E-state index contributed by atoms with van der Waals surface area (Å²) in [5, 5.41) is 6.47. The molecule has 7 heteroatoms. The number of benzene rings is 2. The fourth-order valence-corrected chi connectivity index (χ4v) is 2.97. The van der Waals surface area contributed by atoms with E-state index in [0.717, 1.165) is 12.0 Å². The standard InChI is InChI=1S/C19H18Cl2N2O3/c1-3-13-4-6-14(7-5-13)19-22-23(12(2)24)18(26-19)11-25-17-9-8-15(20)10-16(17)21/h4-10,18H,3,11H2,1-2H3. The normalized spacial score (nSPS) is 16.2. The second-order valence-corrected chi connectivity index (χ2v) is 6.62. The van der Waals surface area contributed by atoms with Crippen LogP contribution >= 0.6 is 23.2 Å². The number of carbonyl (C=O) groups excluding carboxylic acids is 1. The summed E-state index contributed by atoms with van der Waals surface area (Å²) >= 11 is 12.0. The molecule has 0 aromatic heterocycles. The molecule has 1 unspecified atom stereocenters. The van der Waals surface area contributed by atoms with E-state index in [1.54, 1.807) is 18.2 Å². The molecule has 2 aromatic rings. The first-order chi connectivity index (χ1) is 12.5. The number of hydrazone groups is 1. The Labute approximate surface area is 162 Å². The zero-order valence-electron chi connectivity index (χ0n) is 14.4. The van der Waals surface area contributed by atoms with E-state index in [1.807, 2.05) is 24.3 Å². The van der Waals surface area contributed by atoms with Crippen LogP contribution in [-0.2, 0) is 16.0 Å². The van der Waals surface area contributed by atoms with Gasteiger partial charge in [-0.3, -0.25) is 4.79 Å².